The Labute approximate surface area is 99.0 Å². The van der Waals surface area contributed by atoms with E-state index in [9.17, 15) is 4.39 Å². The Morgan fingerprint density at radius 2 is 2.25 bits per heavy atom. The van der Waals surface area contributed by atoms with Gasteiger partial charge in [-0.2, -0.15) is 5.26 Å². The largest absolute Gasteiger partial charge is 0.381 e. The zero-order chi connectivity index (χ0) is 11.6. The highest BCUT2D eigenvalue weighted by Crippen LogP contribution is 2.40. The highest BCUT2D eigenvalue weighted by molar-refractivity contribution is 6.30. The molecule has 4 heteroatoms. The molecule has 0 atom stereocenters. The summed E-state index contributed by atoms with van der Waals surface area (Å²) in [5, 5.41) is 12.5. The second kappa shape index (κ2) is 4.31. The fourth-order valence-electron chi connectivity index (χ4n) is 1.83. The Hall–Kier alpha value is -1.27. The quantitative estimate of drug-likeness (QED) is 0.874. The van der Waals surface area contributed by atoms with Crippen LogP contribution in [0.1, 0.15) is 19.3 Å². The molecule has 1 aromatic carbocycles. The minimum absolute atomic E-state index is 0.311. The van der Waals surface area contributed by atoms with E-state index in [4.69, 9.17) is 16.9 Å². The highest BCUT2D eigenvalue weighted by atomic mass is 35.5. The molecule has 2 nitrogen and oxygen atoms in total. The molecule has 0 saturated heterocycles. The van der Waals surface area contributed by atoms with Gasteiger partial charge in [-0.1, -0.05) is 18.0 Å². The molecule has 2 rings (SSSR count). The summed E-state index contributed by atoms with van der Waals surface area (Å²) in [6, 6.07) is 6.67. The number of hydrogen-bond acceptors (Lipinski definition) is 2. The molecule has 1 aromatic rings. The lowest BCUT2D eigenvalue weighted by molar-refractivity contribution is 0.233. The number of benzene rings is 1. The maximum Gasteiger partial charge on any atom is 0.146 e. The van der Waals surface area contributed by atoms with E-state index in [0.717, 1.165) is 19.3 Å². The molecule has 0 heterocycles. The van der Waals surface area contributed by atoms with Crippen LogP contribution in [-0.2, 0) is 0 Å². The molecule has 1 saturated carbocycles. The lowest BCUT2D eigenvalue weighted by Crippen LogP contribution is -2.35. The van der Waals surface area contributed by atoms with Crippen molar-refractivity contribution < 1.29 is 4.39 Å². The van der Waals surface area contributed by atoms with Crippen LogP contribution in [0.4, 0.5) is 10.1 Å². The zero-order valence-corrected chi connectivity index (χ0v) is 9.52. The van der Waals surface area contributed by atoms with E-state index < -0.39 is 0 Å². The van der Waals surface area contributed by atoms with Gasteiger partial charge >= 0.3 is 0 Å². The Bertz CT molecular complexity index is 435. The van der Waals surface area contributed by atoms with Gasteiger partial charge in [-0.15, -0.1) is 0 Å². The van der Waals surface area contributed by atoms with E-state index >= 15 is 0 Å². The van der Waals surface area contributed by atoms with Crippen molar-refractivity contribution in [2.75, 3.05) is 11.9 Å². The average molecular weight is 239 g/mol. The maximum atomic E-state index is 13.4. The summed E-state index contributed by atoms with van der Waals surface area (Å²) in [7, 11) is 0. The molecule has 16 heavy (non-hydrogen) atoms. The predicted molar refractivity (Wildman–Crippen MR) is 61.8 cm³/mol. The third kappa shape index (κ3) is 2.12. The minimum atomic E-state index is -0.336. The lowest BCUT2D eigenvalue weighted by Gasteiger charge is -2.35. The first-order chi connectivity index (χ1) is 7.65. The number of rotatable bonds is 3. The molecule has 0 bridgehead atoms. The smallest absolute Gasteiger partial charge is 0.146 e. The Morgan fingerprint density at radius 3 is 2.81 bits per heavy atom. The number of nitrogens with zero attached hydrogens (tertiary/aromatic N) is 1. The zero-order valence-electron chi connectivity index (χ0n) is 8.76. The van der Waals surface area contributed by atoms with Crippen molar-refractivity contribution in [3.8, 4) is 6.07 Å². The van der Waals surface area contributed by atoms with Gasteiger partial charge in [0.15, 0.2) is 0 Å². The Morgan fingerprint density at radius 1 is 1.50 bits per heavy atom. The standard InChI is InChI=1S/C12H12ClFN2/c13-9-2-3-10(14)11(6-9)16-8-12(7-15)4-1-5-12/h2-3,6,16H,1,4-5,8H2. The van der Waals surface area contributed by atoms with Crippen LogP contribution in [0.15, 0.2) is 18.2 Å². The van der Waals surface area contributed by atoms with E-state index in [1.54, 1.807) is 6.07 Å². The lowest BCUT2D eigenvalue weighted by atomic mass is 9.70. The van der Waals surface area contributed by atoms with Gasteiger partial charge in [0.05, 0.1) is 17.2 Å². The summed E-state index contributed by atoms with van der Waals surface area (Å²) in [6.45, 7) is 0.487. The first-order valence-electron chi connectivity index (χ1n) is 5.25. The molecule has 1 aliphatic rings. The van der Waals surface area contributed by atoms with Crippen molar-refractivity contribution in [2.24, 2.45) is 5.41 Å². The molecule has 1 fully saturated rings. The summed E-state index contributed by atoms with van der Waals surface area (Å²) in [4.78, 5) is 0. The number of halogens is 2. The molecule has 1 N–H and O–H groups in total. The molecule has 0 radical (unpaired) electrons. The van der Waals surface area contributed by atoms with Gasteiger partial charge in [0, 0.05) is 11.6 Å². The van der Waals surface area contributed by atoms with Crippen LogP contribution in [0, 0.1) is 22.6 Å². The topological polar surface area (TPSA) is 35.8 Å². The normalized spacial score (nSPS) is 17.3. The van der Waals surface area contributed by atoms with Crippen LogP contribution in [0.2, 0.25) is 5.02 Å². The molecular weight excluding hydrogens is 227 g/mol. The van der Waals surface area contributed by atoms with Crippen molar-refractivity contribution in [1.29, 1.82) is 5.26 Å². The Balaban J connectivity index is 2.05. The van der Waals surface area contributed by atoms with Crippen molar-refractivity contribution in [3.05, 3.63) is 29.0 Å². The summed E-state index contributed by atoms with van der Waals surface area (Å²) in [5.41, 5.74) is 0.0587. The average Bonchev–Trinajstić information content (AvgIpc) is 2.22. The SMILES string of the molecule is N#CC1(CNc2cc(Cl)ccc2F)CCC1. The van der Waals surface area contributed by atoms with E-state index in [-0.39, 0.29) is 11.2 Å². The van der Waals surface area contributed by atoms with Gasteiger partial charge < -0.3 is 5.32 Å². The van der Waals surface area contributed by atoms with Gasteiger partial charge in [-0.05, 0) is 31.0 Å². The van der Waals surface area contributed by atoms with Crippen LogP contribution in [0.5, 0.6) is 0 Å². The first-order valence-corrected chi connectivity index (χ1v) is 5.63. The molecule has 1 aliphatic carbocycles. The van der Waals surface area contributed by atoms with Gasteiger partial charge in [0.1, 0.15) is 5.82 Å². The van der Waals surface area contributed by atoms with Crippen molar-refractivity contribution >= 4 is 17.3 Å². The molecule has 0 unspecified atom stereocenters. The molecule has 0 aliphatic heterocycles. The highest BCUT2D eigenvalue weighted by Gasteiger charge is 2.36. The van der Waals surface area contributed by atoms with Crippen molar-refractivity contribution in [2.45, 2.75) is 19.3 Å². The molecular formula is C12H12ClFN2. The summed E-state index contributed by atoms with van der Waals surface area (Å²) in [6.07, 6.45) is 2.85. The van der Waals surface area contributed by atoms with Crippen molar-refractivity contribution in [3.63, 3.8) is 0 Å². The fourth-order valence-corrected chi connectivity index (χ4v) is 2.00. The molecule has 0 aromatic heterocycles. The second-order valence-corrected chi connectivity index (χ2v) is 4.66. The van der Waals surface area contributed by atoms with Crippen LogP contribution in [0.3, 0.4) is 0 Å². The Kier molecular flexibility index (Phi) is 3.02. The van der Waals surface area contributed by atoms with Crippen LogP contribution in [-0.4, -0.2) is 6.54 Å². The summed E-state index contributed by atoms with van der Waals surface area (Å²) < 4.78 is 13.4. The minimum Gasteiger partial charge on any atom is -0.381 e. The van der Waals surface area contributed by atoms with Gasteiger partial charge in [0.25, 0.3) is 0 Å². The number of nitriles is 1. The number of hydrogen-bond donors (Lipinski definition) is 1. The van der Waals surface area contributed by atoms with E-state index in [0.29, 0.717) is 17.3 Å². The third-order valence-corrected chi connectivity index (χ3v) is 3.33. The van der Waals surface area contributed by atoms with Gasteiger partial charge in [-0.25, -0.2) is 4.39 Å². The van der Waals surface area contributed by atoms with E-state index in [1.165, 1.54) is 12.1 Å². The fraction of sp³-hybridized carbons (Fsp3) is 0.417. The first kappa shape index (κ1) is 11.2. The molecule has 0 amide bonds. The predicted octanol–water partition coefficient (Wildman–Crippen LogP) is 3.58. The maximum absolute atomic E-state index is 13.4. The third-order valence-electron chi connectivity index (χ3n) is 3.09. The van der Waals surface area contributed by atoms with Crippen LogP contribution < -0.4 is 5.32 Å². The number of anilines is 1. The van der Waals surface area contributed by atoms with Gasteiger partial charge in [-0.3, -0.25) is 0 Å². The van der Waals surface area contributed by atoms with E-state index in [2.05, 4.69) is 11.4 Å². The molecule has 84 valence electrons. The second-order valence-electron chi connectivity index (χ2n) is 4.22. The van der Waals surface area contributed by atoms with Crippen LogP contribution in [0.25, 0.3) is 0 Å². The van der Waals surface area contributed by atoms with E-state index in [1.807, 2.05) is 0 Å². The summed E-state index contributed by atoms with van der Waals surface area (Å²) in [5.74, 6) is -0.336. The summed E-state index contributed by atoms with van der Waals surface area (Å²) >= 11 is 5.78. The van der Waals surface area contributed by atoms with Gasteiger partial charge in [0.2, 0.25) is 0 Å². The van der Waals surface area contributed by atoms with Crippen molar-refractivity contribution in [1.82, 2.24) is 0 Å². The number of nitrogens with one attached hydrogen (secondary N) is 1. The van der Waals surface area contributed by atoms with Crippen LogP contribution >= 0.6 is 11.6 Å². The monoisotopic (exact) mass is 238 g/mol. The molecule has 0 spiro atoms.